The molecule has 0 aromatic rings. The highest BCUT2D eigenvalue weighted by atomic mass is 16.6. The van der Waals surface area contributed by atoms with E-state index in [0.717, 1.165) is 0 Å². The fourth-order valence-corrected chi connectivity index (χ4v) is 1.42. The van der Waals surface area contributed by atoms with E-state index in [4.69, 9.17) is 4.74 Å². The average Bonchev–Trinajstić information content (AvgIpc) is 2.07. The number of rotatable bonds is 3. The van der Waals surface area contributed by atoms with Crippen LogP contribution in [0.3, 0.4) is 0 Å². The number of amides is 2. The molecule has 0 heterocycles. The van der Waals surface area contributed by atoms with Crippen LogP contribution in [0.4, 0.5) is 4.79 Å². The predicted octanol–water partition coefficient (Wildman–Crippen LogP) is 2.45. The molecular formula is C14H28N2O3. The van der Waals surface area contributed by atoms with Crippen molar-refractivity contribution < 1.29 is 14.3 Å². The van der Waals surface area contributed by atoms with Crippen LogP contribution in [0.1, 0.15) is 55.4 Å². The summed E-state index contributed by atoms with van der Waals surface area (Å²) in [5.41, 5.74) is -0.911. The van der Waals surface area contributed by atoms with Gasteiger partial charge < -0.3 is 15.4 Å². The Morgan fingerprint density at radius 3 is 1.79 bits per heavy atom. The van der Waals surface area contributed by atoms with Crippen molar-refractivity contribution in [2.24, 2.45) is 5.92 Å². The van der Waals surface area contributed by atoms with Crippen molar-refractivity contribution in [2.45, 2.75) is 72.6 Å². The third-order valence-electron chi connectivity index (χ3n) is 2.12. The van der Waals surface area contributed by atoms with Gasteiger partial charge in [0.05, 0.1) is 0 Å². The van der Waals surface area contributed by atoms with Crippen LogP contribution in [0.5, 0.6) is 0 Å². The van der Waals surface area contributed by atoms with Gasteiger partial charge >= 0.3 is 6.09 Å². The van der Waals surface area contributed by atoms with E-state index >= 15 is 0 Å². The van der Waals surface area contributed by atoms with Gasteiger partial charge in [-0.1, -0.05) is 13.8 Å². The summed E-state index contributed by atoms with van der Waals surface area (Å²) in [5, 5.41) is 5.48. The van der Waals surface area contributed by atoms with E-state index in [-0.39, 0.29) is 17.4 Å². The minimum atomic E-state index is -0.603. The zero-order chi connectivity index (χ0) is 15.4. The molecule has 0 aromatic heterocycles. The summed E-state index contributed by atoms with van der Waals surface area (Å²) in [6.07, 6.45) is -0.574. The Bertz CT molecular complexity index is 325. The van der Waals surface area contributed by atoms with E-state index in [2.05, 4.69) is 10.6 Å². The van der Waals surface area contributed by atoms with Gasteiger partial charge in [0.2, 0.25) is 5.91 Å². The number of alkyl carbamates (subject to hydrolysis) is 1. The Kier molecular flexibility index (Phi) is 5.84. The summed E-state index contributed by atoms with van der Waals surface area (Å²) < 4.78 is 5.17. The van der Waals surface area contributed by atoms with Gasteiger partial charge in [-0.15, -0.1) is 0 Å². The second kappa shape index (κ2) is 6.26. The van der Waals surface area contributed by atoms with Gasteiger partial charge in [-0.2, -0.15) is 0 Å². The van der Waals surface area contributed by atoms with Gasteiger partial charge in [-0.05, 0) is 47.5 Å². The lowest BCUT2D eigenvalue weighted by Crippen LogP contribution is -2.54. The van der Waals surface area contributed by atoms with Crippen molar-refractivity contribution in [1.29, 1.82) is 0 Å². The predicted molar refractivity (Wildman–Crippen MR) is 75.9 cm³/mol. The van der Waals surface area contributed by atoms with Gasteiger partial charge in [0, 0.05) is 5.54 Å². The van der Waals surface area contributed by atoms with Crippen LogP contribution in [0.25, 0.3) is 0 Å². The fraction of sp³-hybridized carbons (Fsp3) is 0.857. The Morgan fingerprint density at radius 2 is 1.47 bits per heavy atom. The monoisotopic (exact) mass is 272 g/mol. The molecule has 0 aromatic carbocycles. The largest absolute Gasteiger partial charge is 0.444 e. The van der Waals surface area contributed by atoms with Crippen molar-refractivity contribution in [3.8, 4) is 0 Å². The van der Waals surface area contributed by atoms with E-state index in [1.807, 2.05) is 34.6 Å². The van der Waals surface area contributed by atoms with Crippen LogP contribution in [0, 0.1) is 5.92 Å². The normalized spacial score (nSPS) is 13.9. The Hall–Kier alpha value is -1.26. The zero-order valence-electron chi connectivity index (χ0n) is 13.4. The highest BCUT2D eigenvalue weighted by Gasteiger charge is 2.28. The molecule has 1 unspecified atom stereocenters. The highest BCUT2D eigenvalue weighted by molar-refractivity contribution is 5.86. The van der Waals surface area contributed by atoms with Crippen LogP contribution >= 0.6 is 0 Å². The summed E-state index contributed by atoms with van der Waals surface area (Å²) >= 11 is 0. The molecule has 0 aliphatic carbocycles. The lowest BCUT2D eigenvalue weighted by atomic mass is 10.0. The van der Waals surface area contributed by atoms with Gasteiger partial charge in [-0.3, -0.25) is 4.79 Å². The molecule has 2 amide bonds. The first-order valence-electron chi connectivity index (χ1n) is 6.63. The molecule has 0 rings (SSSR count). The first-order chi connectivity index (χ1) is 8.32. The number of ether oxygens (including phenoxy) is 1. The lowest BCUT2D eigenvalue weighted by molar-refractivity contribution is -0.125. The van der Waals surface area contributed by atoms with E-state index < -0.39 is 17.7 Å². The van der Waals surface area contributed by atoms with Crippen molar-refractivity contribution in [1.82, 2.24) is 10.6 Å². The minimum Gasteiger partial charge on any atom is -0.444 e. The minimum absolute atomic E-state index is 0.0186. The Labute approximate surface area is 116 Å². The van der Waals surface area contributed by atoms with E-state index in [9.17, 15) is 9.59 Å². The maximum absolute atomic E-state index is 12.1. The molecular weight excluding hydrogens is 244 g/mol. The summed E-state index contributed by atoms with van der Waals surface area (Å²) in [5.74, 6) is -0.219. The number of nitrogens with one attached hydrogen (secondary N) is 2. The maximum atomic E-state index is 12.1. The SMILES string of the molecule is CC(C)C(NC(=O)OC(C)(C)C)C(=O)NC(C)(C)C. The standard InChI is InChI=1S/C14H28N2O3/c1-9(2)10(11(17)16-13(3,4)5)15-12(18)19-14(6,7)8/h9-10H,1-8H3,(H,15,18)(H,16,17). The molecule has 5 heteroatoms. The van der Waals surface area contributed by atoms with Crippen LogP contribution in [-0.2, 0) is 9.53 Å². The van der Waals surface area contributed by atoms with Crippen LogP contribution in [0.2, 0.25) is 0 Å². The number of carbonyl (C=O) groups is 2. The van der Waals surface area contributed by atoms with Crippen molar-refractivity contribution in [3.05, 3.63) is 0 Å². The second-order valence-electron chi connectivity index (χ2n) is 7.11. The number of carbonyl (C=O) groups excluding carboxylic acids is 2. The van der Waals surface area contributed by atoms with Crippen molar-refractivity contribution in [3.63, 3.8) is 0 Å². The van der Waals surface area contributed by atoms with Crippen molar-refractivity contribution in [2.75, 3.05) is 0 Å². The molecule has 0 saturated carbocycles. The maximum Gasteiger partial charge on any atom is 0.408 e. The molecule has 0 radical (unpaired) electrons. The topological polar surface area (TPSA) is 67.4 Å². The third-order valence-corrected chi connectivity index (χ3v) is 2.12. The molecule has 0 aliphatic rings. The highest BCUT2D eigenvalue weighted by Crippen LogP contribution is 2.10. The van der Waals surface area contributed by atoms with E-state index in [1.54, 1.807) is 20.8 Å². The number of hydrogen-bond acceptors (Lipinski definition) is 3. The van der Waals surface area contributed by atoms with E-state index in [0.29, 0.717) is 0 Å². The molecule has 112 valence electrons. The Balaban J connectivity index is 4.67. The van der Waals surface area contributed by atoms with Gasteiger partial charge in [-0.25, -0.2) is 4.79 Å². The van der Waals surface area contributed by atoms with Crippen LogP contribution < -0.4 is 10.6 Å². The summed E-state index contributed by atoms with van der Waals surface area (Å²) in [6.45, 7) is 14.8. The van der Waals surface area contributed by atoms with Gasteiger partial charge in [0.15, 0.2) is 0 Å². The quantitative estimate of drug-likeness (QED) is 0.829. The molecule has 0 aliphatic heterocycles. The molecule has 19 heavy (non-hydrogen) atoms. The second-order valence-corrected chi connectivity index (χ2v) is 7.11. The van der Waals surface area contributed by atoms with Crippen LogP contribution in [0.15, 0.2) is 0 Å². The van der Waals surface area contributed by atoms with Crippen molar-refractivity contribution >= 4 is 12.0 Å². The molecule has 1 atom stereocenters. The molecule has 2 N–H and O–H groups in total. The average molecular weight is 272 g/mol. The Morgan fingerprint density at radius 1 is 1.00 bits per heavy atom. The fourth-order valence-electron chi connectivity index (χ4n) is 1.42. The van der Waals surface area contributed by atoms with E-state index in [1.165, 1.54) is 0 Å². The lowest BCUT2D eigenvalue weighted by Gasteiger charge is -2.28. The zero-order valence-corrected chi connectivity index (χ0v) is 13.4. The first kappa shape index (κ1) is 17.7. The molecule has 5 nitrogen and oxygen atoms in total. The molecule has 0 saturated heterocycles. The third kappa shape index (κ3) is 8.46. The molecule has 0 fully saturated rings. The summed E-state index contributed by atoms with van der Waals surface area (Å²) in [6, 6.07) is -0.603. The molecule has 0 bridgehead atoms. The number of hydrogen-bond donors (Lipinski definition) is 2. The van der Waals surface area contributed by atoms with Gasteiger partial charge in [0.25, 0.3) is 0 Å². The summed E-state index contributed by atoms with van der Waals surface area (Å²) in [7, 11) is 0. The van der Waals surface area contributed by atoms with Crippen LogP contribution in [-0.4, -0.2) is 29.2 Å². The van der Waals surface area contributed by atoms with Gasteiger partial charge in [0.1, 0.15) is 11.6 Å². The smallest absolute Gasteiger partial charge is 0.408 e. The summed E-state index contributed by atoms with van der Waals surface area (Å²) in [4.78, 5) is 23.9. The first-order valence-corrected chi connectivity index (χ1v) is 6.63. The molecule has 0 spiro atoms.